The van der Waals surface area contributed by atoms with Gasteiger partial charge in [-0.3, -0.25) is 14.6 Å². The van der Waals surface area contributed by atoms with Crippen molar-refractivity contribution in [3.05, 3.63) is 35.5 Å². The minimum Gasteiger partial charge on any atom is -0.444 e. The molecule has 0 aliphatic carbocycles. The number of hydrogen-bond acceptors (Lipinski definition) is 9. The van der Waals surface area contributed by atoms with E-state index in [0.29, 0.717) is 70.0 Å². The third-order valence-electron chi connectivity index (χ3n) is 8.04. The Kier molecular flexibility index (Phi) is 7.18. The number of nitrogens with zero attached hydrogens (tertiary/aromatic N) is 6. The topological polar surface area (TPSA) is 119 Å². The minimum absolute atomic E-state index is 0.00926. The van der Waals surface area contributed by atoms with Crippen LogP contribution in [0.3, 0.4) is 0 Å². The van der Waals surface area contributed by atoms with Crippen LogP contribution in [0.2, 0.25) is 0 Å². The van der Waals surface area contributed by atoms with E-state index >= 15 is 0 Å². The number of allylic oxidation sites excluding steroid dienone is 1. The van der Waals surface area contributed by atoms with E-state index in [-0.39, 0.29) is 23.9 Å². The molecule has 12 heteroatoms. The highest BCUT2D eigenvalue weighted by Gasteiger charge is 2.39. The van der Waals surface area contributed by atoms with Crippen molar-refractivity contribution in [2.24, 2.45) is 16.0 Å². The zero-order valence-electron chi connectivity index (χ0n) is 23.8. The zero-order chi connectivity index (χ0) is 28.7. The Bertz CT molecular complexity index is 1310. The minimum atomic E-state index is -0.545. The Balaban J connectivity index is 1.19. The van der Waals surface area contributed by atoms with Crippen LogP contribution in [-0.2, 0) is 20.8 Å². The second-order valence-electron chi connectivity index (χ2n) is 12.0. The van der Waals surface area contributed by atoms with Crippen molar-refractivity contribution in [3.8, 4) is 0 Å². The van der Waals surface area contributed by atoms with E-state index in [1.165, 1.54) is 0 Å². The number of benzene rings is 1. The van der Waals surface area contributed by atoms with Gasteiger partial charge in [0.05, 0.1) is 24.6 Å². The normalized spacial score (nSPS) is 24.1. The molecule has 0 aromatic heterocycles. The molecule has 1 aromatic rings. The number of anilines is 2. The van der Waals surface area contributed by atoms with Gasteiger partial charge in [0, 0.05) is 63.0 Å². The van der Waals surface area contributed by atoms with Gasteiger partial charge < -0.3 is 29.5 Å². The molecule has 5 heterocycles. The van der Waals surface area contributed by atoms with Crippen LogP contribution in [0.25, 0.3) is 0 Å². The number of hydrogen-bond donors (Lipinski definition) is 1. The molecule has 218 valence electrons. The molecule has 2 saturated heterocycles. The van der Waals surface area contributed by atoms with E-state index in [0.717, 1.165) is 11.3 Å². The number of fused-ring (bicyclic) bond motifs is 2. The summed E-state index contributed by atoms with van der Waals surface area (Å²) < 4.78 is 11.1. The number of morpholine rings is 1. The molecule has 6 rings (SSSR count). The largest absolute Gasteiger partial charge is 0.444 e. The molecule has 1 aromatic carbocycles. The molecule has 2 unspecified atom stereocenters. The van der Waals surface area contributed by atoms with Crippen molar-refractivity contribution in [2.45, 2.75) is 58.0 Å². The maximum atomic E-state index is 13.7. The number of hydrazone groups is 1. The van der Waals surface area contributed by atoms with Gasteiger partial charge in [0.15, 0.2) is 6.17 Å². The summed E-state index contributed by atoms with van der Waals surface area (Å²) in [5.41, 5.74) is 2.49. The van der Waals surface area contributed by atoms with Crippen LogP contribution in [0, 0.1) is 5.92 Å². The quantitative estimate of drug-likeness (QED) is 0.598. The fraction of sp³-hybridized carbons (Fsp3) is 0.552. The van der Waals surface area contributed by atoms with Gasteiger partial charge in [-0.15, -0.1) is 0 Å². The third-order valence-corrected chi connectivity index (χ3v) is 8.04. The number of amides is 3. The Hall–Kier alpha value is -3.93. The second-order valence-corrected chi connectivity index (χ2v) is 12.0. The molecule has 1 N–H and O–H groups in total. The van der Waals surface area contributed by atoms with E-state index in [2.05, 4.69) is 20.3 Å². The monoisotopic (exact) mass is 563 g/mol. The highest BCUT2D eigenvalue weighted by molar-refractivity contribution is 6.07. The van der Waals surface area contributed by atoms with Gasteiger partial charge in [-0.2, -0.15) is 5.10 Å². The number of aliphatic imine (C=N–C) groups is 1. The molecule has 12 nitrogen and oxygen atoms in total. The number of rotatable bonds is 4. The van der Waals surface area contributed by atoms with E-state index < -0.39 is 17.7 Å². The van der Waals surface area contributed by atoms with Crippen LogP contribution in [0.4, 0.5) is 16.2 Å². The summed E-state index contributed by atoms with van der Waals surface area (Å²) in [6, 6.07) is 3.89. The van der Waals surface area contributed by atoms with Gasteiger partial charge in [-0.1, -0.05) is 0 Å². The summed E-state index contributed by atoms with van der Waals surface area (Å²) in [6.07, 6.45) is 7.56. The predicted octanol–water partition coefficient (Wildman–Crippen LogP) is 2.66. The summed E-state index contributed by atoms with van der Waals surface area (Å²) in [6.45, 7) is 9.61. The predicted molar refractivity (Wildman–Crippen MR) is 154 cm³/mol. The van der Waals surface area contributed by atoms with Gasteiger partial charge in [0.25, 0.3) is 5.91 Å². The van der Waals surface area contributed by atoms with Crippen molar-refractivity contribution in [1.82, 2.24) is 14.8 Å². The second kappa shape index (κ2) is 10.8. The first-order valence-corrected chi connectivity index (χ1v) is 14.3. The average molecular weight is 564 g/mol. The van der Waals surface area contributed by atoms with Crippen LogP contribution >= 0.6 is 0 Å². The maximum Gasteiger partial charge on any atom is 0.410 e. The van der Waals surface area contributed by atoms with Crippen LogP contribution < -0.4 is 10.2 Å². The lowest BCUT2D eigenvalue weighted by atomic mass is 10.0. The molecule has 5 aliphatic rings. The molecular formula is C29H37N7O5. The molecule has 3 amide bonds. The molecule has 2 fully saturated rings. The van der Waals surface area contributed by atoms with Crippen LogP contribution in [0.1, 0.15) is 49.5 Å². The lowest BCUT2D eigenvalue weighted by molar-refractivity contribution is -0.118. The van der Waals surface area contributed by atoms with E-state index in [1.54, 1.807) is 34.6 Å². The van der Waals surface area contributed by atoms with Crippen LogP contribution in [-0.4, -0.2) is 102 Å². The fourth-order valence-electron chi connectivity index (χ4n) is 5.95. The molecule has 0 spiro atoms. The fourth-order valence-corrected chi connectivity index (χ4v) is 5.95. The molecule has 41 heavy (non-hydrogen) atoms. The zero-order valence-corrected chi connectivity index (χ0v) is 23.8. The van der Waals surface area contributed by atoms with E-state index in [9.17, 15) is 14.4 Å². The number of piperidine rings is 1. The Morgan fingerprint density at radius 1 is 1.10 bits per heavy atom. The molecule has 2 atom stereocenters. The average Bonchev–Trinajstić information content (AvgIpc) is 3.53. The highest BCUT2D eigenvalue weighted by atomic mass is 16.6. The van der Waals surface area contributed by atoms with Gasteiger partial charge in [-0.25, -0.2) is 9.80 Å². The molecule has 5 aliphatic heterocycles. The summed E-state index contributed by atoms with van der Waals surface area (Å²) in [5, 5.41) is 9.13. The summed E-state index contributed by atoms with van der Waals surface area (Å²) in [5.74, 6) is -0.737. The number of carbonyl (C=O) groups excluding carboxylic acids is 3. The lowest BCUT2D eigenvalue weighted by Crippen LogP contribution is -2.48. The van der Waals surface area contributed by atoms with Crippen molar-refractivity contribution in [3.63, 3.8) is 0 Å². The third kappa shape index (κ3) is 5.52. The van der Waals surface area contributed by atoms with Gasteiger partial charge in [0.2, 0.25) is 5.91 Å². The Morgan fingerprint density at radius 3 is 2.59 bits per heavy atom. The maximum absolute atomic E-state index is 13.7. The van der Waals surface area contributed by atoms with E-state index in [1.807, 2.05) is 37.8 Å². The first-order valence-electron chi connectivity index (χ1n) is 14.3. The highest BCUT2D eigenvalue weighted by Crippen LogP contribution is 2.37. The first-order chi connectivity index (χ1) is 19.7. The van der Waals surface area contributed by atoms with E-state index in [4.69, 9.17) is 9.47 Å². The van der Waals surface area contributed by atoms with Crippen molar-refractivity contribution >= 4 is 41.7 Å². The molecule has 0 radical (unpaired) electrons. The summed E-state index contributed by atoms with van der Waals surface area (Å²) in [4.78, 5) is 49.9. The standard InChI is InChI=1S/C29H37N7O5/c1-29(2,3)41-28(39)34-9-5-20(6-10-34)35-18-19-15-23(24(16-21(19)27(35)38)33-11-13-40-14-12-33)32-26(37)22-17-31-36-8-4-7-30-25(22)36/h4,7-8,15-17,20,22,25H,5-6,9-14,18H2,1-3H3,(H,32,37). The number of carbonyl (C=O) groups is 3. The molecule has 0 bridgehead atoms. The Labute approximate surface area is 239 Å². The van der Waals surface area contributed by atoms with Crippen molar-refractivity contribution in [2.75, 3.05) is 49.6 Å². The first kappa shape index (κ1) is 27.3. The van der Waals surface area contributed by atoms with Crippen LogP contribution in [0.5, 0.6) is 0 Å². The summed E-state index contributed by atoms with van der Waals surface area (Å²) in [7, 11) is 0. The SMILES string of the molecule is CC(C)(C)OC(=O)N1CCC(N2Cc3cc(NC(=O)C4C=NN5C=CC=NC45)c(N4CCOCC4)cc3C2=O)CC1. The van der Waals surface area contributed by atoms with Crippen molar-refractivity contribution < 1.29 is 23.9 Å². The van der Waals surface area contributed by atoms with Crippen molar-refractivity contribution in [1.29, 1.82) is 0 Å². The van der Waals surface area contributed by atoms with Crippen LogP contribution in [0.15, 0.2) is 34.5 Å². The van der Waals surface area contributed by atoms with Gasteiger partial charge in [0.1, 0.15) is 11.5 Å². The number of likely N-dealkylation sites (tertiary alicyclic amines) is 1. The molecular weight excluding hydrogens is 526 g/mol. The van der Waals surface area contributed by atoms with Gasteiger partial charge in [-0.05, 0) is 57.4 Å². The number of ether oxygens (including phenoxy) is 2. The molecule has 0 saturated carbocycles. The summed E-state index contributed by atoms with van der Waals surface area (Å²) >= 11 is 0. The smallest absolute Gasteiger partial charge is 0.410 e. The Morgan fingerprint density at radius 2 is 1.85 bits per heavy atom. The number of nitrogens with one attached hydrogen (secondary N) is 1. The van der Waals surface area contributed by atoms with Gasteiger partial charge >= 0.3 is 6.09 Å². The lowest BCUT2D eigenvalue weighted by Gasteiger charge is -2.37.